The number of imidazole rings is 1. The Morgan fingerprint density at radius 3 is 2.84 bits per heavy atom. The Morgan fingerprint density at radius 1 is 1.20 bits per heavy atom. The van der Waals surface area contributed by atoms with Crippen LogP contribution in [0.4, 0.5) is 15.2 Å². The molecule has 2 aromatic heterocycles. The van der Waals surface area contributed by atoms with Crippen LogP contribution < -0.4 is 10.1 Å². The molecule has 25 heavy (non-hydrogen) atoms. The zero-order chi connectivity index (χ0) is 17.6. The molecule has 0 aliphatic rings. The molecule has 0 saturated carbocycles. The maximum absolute atomic E-state index is 13.7. The van der Waals surface area contributed by atoms with Gasteiger partial charge >= 0.3 is 0 Å². The molecular weight excluding hydrogens is 339 g/mol. The first-order valence-electron chi connectivity index (χ1n) is 7.95. The van der Waals surface area contributed by atoms with Crippen LogP contribution in [0, 0.1) is 5.82 Å². The van der Waals surface area contributed by atoms with Crippen LogP contribution in [0.15, 0.2) is 36.7 Å². The molecule has 0 radical (unpaired) electrons. The van der Waals surface area contributed by atoms with Gasteiger partial charge in [0.05, 0.1) is 28.3 Å². The summed E-state index contributed by atoms with van der Waals surface area (Å²) < 4.78 is 22.4. The largest absolute Gasteiger partial charge is 0.489 e. The smallest absolute Gasteiger partial charge is 0.188 e. The quantitative estimate of drug-likeness (QED) is 0.568. The Morgan fingerprint density at radius 2 is 2.04 bits per heavy atom. The number of benzene rings is 2. The molecule has 2 aromatic carbocycles. The van der Waals surface area contributed by atoms with E-state index < -0.39 is 0 Å². The highest BCUT2D eigenvalue weighted by atomic mass is 32.1. The van der Waals surface area contributed by atoms with Crippen LogP contribution in [-0.2, 0) is 7.05 Å². The summed E-state index contributed by atoms with van der Waals surface area (Å²) in [5.74, 6) is 0.269. The van der Waals surface area contributed by atoms with Crippen molar-refractivity contribution in [2.45, 2.75) is 20.0 Å². The minimum absolute atomic E-state index is 0.00507. The second kappa shape index (κ2) is 6.00. The van der Waals surface area contributed by atoms with Gasteiger partial charge in [-0.3, -0.25) is 0 Å². The third-order valence-electron chi connectivity index (χ3n) is 3.80. The summed E-state index contributed by atoms with van der Waals surface area (Å²) in [7, 11) is 1.95. The highest BCUT2D eigenvalue weighted by molar-refractivity contribution is 7.22. The number of rotatable bonds is 4. The Hall–Kier alpha value is -2.67. The molecule has 0 atom stereocenters. The summed E-state index contributed by atoms with van der Waals surface area (Å²) in [4.78, 5) is 9.09. The standard InChI is InChI=1S/C18H17FN4OS/c1-10(2)24-14-6-4-11(19)8-12(14)21-18-22-17-15(25-18)7-5-13-16(17)20-9-23(13)3/h4-10H,1-3H3,(H,21,22). The predicted molar refractivity (Wildman–Crippen MR) is 99.3 cm³/mol. The number of nitrogens with one attached hydrogen (secondary N) is 1. The van der Waals surface area contributed by atoms with E-state index in [1.165, 1.54) is 23.5 Å². The van der Waals surface area contributed by atoms with Crippen LogP contribution >= 0.6 is 11.3 Å². The van der Waals surface area contributed by atoms with Gasteiger partial charge in [-0.05, 0) is 38.1 Å². The van der Waals surface area contributed by atoms with Gasteiger partial charge in [0.25, 0.3) is 0 Å². The zero-order valence-electron chi connectivity index (χ0n) is 14.1. The molecule has 128 valence electrons. The van der Waals surface area contributed by atoms with Gasteiger partial charge in [-0.1, -0.05) is 11.3 Å². The van der Waals surface area contributed by atoms with Crippen LogP contribution in [0.3, 0.4) is 0 Å². The molecule has 4 rings (SSSR count). The van der Waals surface area contributed by atoms with Crippen LogP contribution in [-0.4, -0.2) is 20.6 Å². The average molecular weight is 356 g/mol. The lowest BCUT2D eigenvalue weighted by Gasteiger charge is -2.14. The van der Waals surface area contributed by atoms with Gasteiger partial charge in [-0.25, -0.2) is 14.4 Å². The van der Waals surface area contributed by atoms with Crippen LogP contribution in [0.25, 0.3) is 21.3 Å². The number of fused-ring (bicyclic) bond motifs is 3. The number of ether oxygens (including phenoxy) is 1. The van der Waals surface area contributed by atoms with Crippen molar-refractivity contribution in [3.05, 3.63) is 42.5 Å². The predicted octanol–water partition coefficient (Wildman–Crippen LogP) is 4.85. The summed E-state index contributed by atoms with van der Waals surface area (Å²) in [5, 5.41) is 3.86. The highest BCUT2D eigenvalue weighted by Crippen LogP contribution is 2.35. The number of hydrogen-bond donors (Lipinski definition) is 1. The molecule has 0 unspecified atom stereocenters. The van der Waals surface area contributed by atoms with E-state index in [-0.39, 0.29) is 11.9 Å². The fourth-order valence-electron chi connectivity index (χ4n) is 2.71. The maximum Gasteiger partial charge on any atom is 0.188 e. The summed E-state index contributed by atoms with van der Waals surface area (Å²) in [6, 6.07) is 8.49. The van der Waals surface area contributed by atoms with Gasteiger partial charge in [0.15, 0.2) is 5.13 Å². The Kier molecular flexibility index (Phi) is 3.80. The molecule has 5 nitrogen and oxygen atoms in total. The Balaban J connectivity index is 1.76. The summed E-state index contributed by atoms with van der Waals surface area (Å²) in [6.45, 7) is 3.87. The molecule has 1 N–H and O–H groups in total. The first-order valence-corrected chi connectivity index (χ1v) is 8.77. The van der Waals surface area contributed by atoms with E-state index in [9.17, 15) is 4.39 Å². The molecule has 0 spiro atoms. The fourth-order valence-corrected chi connectivity index (χ4v) is 3.59. The van der Waals surface area contributed by atoms with Crippen molar-refractivity contribution in [3.63, 3.8) is 0 Å². The molecule has 7 heteroatoms. The van der Waals surface area contributed by atoms with Crippen LogP contribution in [0.1, 0.15) is 13.8 Å². The first-order chi connectivity index (χ1) is 12.0. The summed E-state index contributed by atoms with van der Waals surface area (Å²) >= 11 is 1.50. The Labute approximate surface area is 148 Å². The van der Waals surface area contributed by atoms with E-state index in [0.717, 1.165) is 21.3 Å². The monoisotopic (exact) mass is 356 g/mol. The topological polar surface area (TPSA) is 52.0 Å². The maximum atomic E-state index is 13.7. The van der Waals surface area contributed by atoms with Gasteiger partial charge in [0.2, 0.25) is 0 Å². The number of anilines is 2. The molecule has 0 aliphatic heterocycles. The lowest BCUT2D eigenvalue weighted by Crippen LogP contribution is -2.07. The van der Waals surface area contributed by atoms with Gasteiger partial charge in [0.1, 0.15) is 22.6 Å². The molecular formula is C18H17FN4OS. The number of aromatic nitrogens is 3. The highest BCUT2D eigenvalue weighted by Gasteiger charge is 2.13. The number of halogens is 1. The van der Waals surface area contributed by atoms with E-state index in [1.54, 1.807) is 12.4 Å². The second-order valence-electron chi connectivity index (χ2n) is 6.09. The SMILES string of the molecule is CC(C)Oc1ccc(F)cc1Nc1nc2c(ccc3c2ncn3C)s1. The van der Waals surface area contributed by atoms with Crippen LogP contribution in [0.2, 0.25) is 0 Å². The fraction of sp³-hybridized carbons (Fsp3) is 0.222. The van der Waals surface area contributed by atoms with Crippen molar-refractivity contribution < 1.29 is 9.13 Å². The molecule has 0 fully saturated rings. The van der Waals surface area contributed by atoms with Gasteiger partial charge in [-0.15, -0.1) is 0 Å². The van der Waals surface area contributed by atoms with Gasteiger partial charge in [-0.2, -0.15) is 0 Å². The van der Waals surface area contributed by atoms with E-state index >= 15 is 0 Å². The van der Waals surface area contributed by atoms with E-state index in [2.05, 4.69) is 15.3 Å². The summed E-state index contributed by atoms with van der Waals surface area (Å²) in [6.07, 6.45) is 1.77. The Bertz CT molecular complexity index is 1070. The lowest BCUT2D eigenvalue weighted by molar-refractivity contribution is 0.243. The van der Waals surface area contributed by atoms with Crippen molar-refractivity contribution in [1.29, 1.82) is 0 Å². The normalized spacial score (nSPS) is 11.6. The lowest BCUT2D eigenvalue weighted by atomic mass is 10.2. The average Bonchev–Trinajstić information content (AvgIpc) is 3.13. The molecule has 4 aromatic rings. The van der Waals surface area contributed by atoms with E-state index in [0.29, 0.717) is 16.6 Å². The molecule has 0 saturated heterocycles. The van der Waals surface area contributed by atoms with Gasteiger partial charge in [0, 0.05) is 13.1 Å². The van der Waals surface area contributed by atoms with Crippen molar-refractivity contribution in [1.82, 2.24) is 14.5 Å². The van der Waals surface area contributed by atoms with Crippen molar-refractivity contribution in [2.75, 3.05) is 5.32 Å². The number of nitrogens with zero attached hydrogens (tertiary/aromatic N) is 3. The van der Waals surface area contributed by atoms with E-state index in [4.69, 9.17) is 4.74 Å². The molecule has 2 heterocycles. The van der Waals surface area contributed by atoms with Crippen molar-refractivity contribution in [2.24, 2.45) is 7.05 Å². The minimum Gasteiger partial charge on any atom is -0.489 e. The van der Waals surface area contributed by atoms with Crippen molar-refractivity contribution in [3.8, 4) is 5.75 Å². The third kappa shape index (κ3) is 2.91. The van der Waals surface area contributed by atoms with Gasteiger partial charge < -0.3 is 14.6 Å². The number of thiazole rings is 1. The second-order valence-corrected chi connectivity index (χ2v) is 7.12. The van der Waals surface area contributed by atoms with Crippen molar-refractivity contribution >= 4 is 43.4 Å². The third-order valence-corrected chi connectivity index (χ3v) is 4.73. The molecule has 0 bridgehead atoms. The minimum atomic E-state index is -0.327. The molecule has 0 amide bonds. The molecule has 0 aliphatic carbocycles. The summed E-state index contributed by atoms with van der Waals surface area (Å²) in [5.41, 5.74) is 3.29. The first kappa shape index (κ1) is 15.8. The number of aryl methyl sites for hydroxylation is 1. The zero-order valence-corrected chi connectivity index (χ0v) is 14.9. The van der Waals surface area contributed by atoms with Crippen LogP contribution in [0.5, 0.6) is 5.75 Å². The van der Waals surface area contributed by atoms with E-state index in [1.807, 2.05) is 37.6 Å². The number of hydrogen-bond acceptors (Lipinski definition) is 5.